The Hall–Kier alpha value is -1.47. The molecular weight excluding hydrogens is 351 g/mol. The molecule has 0 saturated carbocycles. The summed E-state index contributed by atoms with van der Waals surface area (Å²) in [5.74, 6) is -0.582. The summed E-state index contributed by atoms with van der Waals surface area (Å²) in [6, 6.07) is 12.6. The van der Waals surface area contributed by atoms with E-state index in [2.05, 4.69) is 4.72 Å². The van der Waals surface area contributed by atoms with Crippen molar-refractivity contribution in [1.82, 2.24) is 9.62 Å². The van der Waals surface area contributed by atoms with Gasteiger partial charge in [-0.25, -0.2) is 17.5 Å². The van der Waals surface area contributed by atoms with Crippen LogP contribution in [0.1, 0.15) is 17.2 Å². The van der Waals surface area contributed by atoms with E-state index in [1.807, 2.05) is 37.2 Å². The molecule has 0 radical (unpaired) electrons. The molecule has 0 fully saturated rings. The minimum Gasteiger partial charge on any atom is -0.301 e. The van der Waals surface area contributed by atoms with Crippen LogP contribution in [0.4, 0.5) is 4.39 Å². The second-order valence-electron chi connectivity index (χ2n) is 5.77. The van der Waals surface area contributed by atoms with Crippen LogP contribution < -0.4 is 4.72 Å². The monoisotopic (exact) mass is 370 g/mol. The molecule has 4 nitrogen and oxygen atoms in total. The molecule has 130 valence electrons. The third-order valence-electron chi connectivity index (χ3n) is 3.62. The molecule has 1 N–H and O–H groups in total. The van der Waals surface area contributed by atoms with Gasteiger partial charge in [-0.2, -0.15) is 0 Å². The van der Waals surface area contributed by atoms with E-state index in [0.29, 0.717) is 10.6 Å². The van der Waals surface area contributed by atoms with E-state index in [4.69, 9.17) is 11.6 Å². The Balaban J connectivity index is 2.06. The largest absolute Gasteiger partial charge is 0.301 e. The zero-order valence-corrected chi connectivity index (χ0v) is 15.1. The van der Waals surface area contributed by atoms with Gasteiger partial charge < -0.3 is 4.90 Å². The predicted octanol–water partition coefficient (Wildman–Crippen LogP) is 3.20. The fraction of sp³-hybridized carbons (Fsp3) is 0.294. The van der Waals surface area contributed by atoms with Gasteiger partial charge in [-0.05, 0) is 49.5 Å². The maximum Gasteiger partial charge on any atom is 0.215 e. The summed E-state index contributed by atoms with van der Waals surface area (Å²) >= 11 is 6.02. The van der Waals surface area contributed by atoms with Crippen molar-refractivity contribution < 1.29 is 12.8 Å². The lowest BCUT2D eigenvalue weighted by Gasteiger charge is -2.25. The normalized spacial score (nSPS) is 13.2. The van der Waals surface area contributed by atoms with Crippen LogP contribution in [0.3, 0.4) is 0 Å². The zero-order valence-electron chi connectivity index (χ0n) is 13.5. The van der Waals surface area contributed by atoms with Gasteiger partial charge in [-0.1, -0.05) is 35.9 Å². The zero-order chi connectivity index (χ0) is 17.7. The minimum absolute atomic E-state index is 0.147. The molecule has 0 spiro atoms. The number of halogens is 2. The summed E-state index contributed by atoms with van der Waals surface area (Å²) in [5.41, 5.74) is 1.46. The lowest BCUT2D eigenvalue weighted by molar-refractivity contribution is 0.299. The van der Waals surface area contributed by atoms with Crippen molar-refractivity contribution >= 4 is 21.6 Å². The van der Waals surface area contributed by atoms with Crippen molar-refractivity contribution in [2.45, 2.75) is 11.8 Å². The molecular formula is C17H20ClFN2O2S. The third-order valence-corrected chi connectivity index (χ3v) is 5.18. The van der Waals surface area contributed by atoms with Gasteiger partial charge in [0, 0.05) is 17.6 Å². The van der Waals surface area contributed by atoms with Gasteiger partial charge in [-0.3, -0.25) is 0 Å². The van der Waals surface area contributed by atoms with Gasteiger partial charge in [-0.15, -0.1) is 0 Å². The molecule has 0 aliphatic heterocycles. The first-order chi connectivity index (χ1) is 11.3. The minimum atomic E-state index is -3.53. The van der Waals surface area contributed by atoms with Crippen molar-refractivity contribution in [3.05, 3.63) is 70.5 Å². The first-order valence-electron chi connectivity index (χ1n) is 7.40. The molecule has 0 aliphatic carbocycles. The maximum atomic E-state index is 12.9. The molecule has 0 aromatic heterocycles. The number of hydrogen-bond donors (Lipinski definition) is 1. The number of benzene rings is 2. The topological polar surface area (TPSA) is 49.4 Å². The second-order valence-corrected chi connectivity index (χ2v) is 8.01. The number of sulfonamides is 1. The van der Waals surface area contributed by atoms with Gasteiger partial charge in [0.2, 0.25) is 10.0 Å². The smallest absolute Gasteiger partial charge is 0.215 e. The summed E-state index contributed by atoms with van der Waals surface area (Å²) in [5, 5.41) is 0.605. The van der Waals surface area contributed by atoms with Crippen LogP contribution in [-0.2, 0) is 15.8 Å². The molecule has 1 unspecified atom stereocenters. The Labute approximate surface area is 147 Å². The van der Waals surface area contributed by atoms with Crippen molar-refractivity contribution in [3.63, 3.8) is 0 Å². The van der Waals surface area contributed by atoms with E-state index < -0.39 is 15.8 Å². The first kappa shape index (κ1) is 18.9. The van der Waals surface area contributed by atoms with Crippen molar-refractivity contribution in [2.75, 3.05) is 20.6 Å². The fourth-order valence-corrected chi connectivity index (χ4v) is 3.71. The Morgan fingerprint density at radius 3 is 2.42 bits per heavy atom. The molecule has 0 bridgehead atoms. The fourth-order valence-electron chi connectivity index (χ4n) is 2.37. The van der Waals surface area contributed by atoms with Crippen LogP contribution in [0.5, 0.6) is 0 Å². The number of hydrogen-bond acceptors (Lipinski definition) is 3. The van der Waals surface area contributed by atoms with Crippen molar-refractivity contribution in [1.29, 1.82) is 0 Å². The number of likely N-dealkylation sites (N-methyl/N-ethyl adjacent to an activating group) is 1. The Morgan fingerprint density at radius 1 is 1.17 bits per heavy atom. The average Bonchev–Trinajstić information content (AvgIpc) is 2.49. The molecule has 2 rings (SSSR count). The highest BCUT2D eigenvalue weighted by Gasteiger charge is 2.19. The molecule has 24 heavy (non-hydrogen) atoms. The van der Waals surface area contributed by atoms with Gasteiger partial charge >= 0.3 is 0 Å². The van der Waals surface area contributed by atoms with E-state index in [-0.39, 0.29) is 18.3 Å². The lowest BCUT2D eigenvalue weighted by atomic mass is 10.1. The summed E-state index contributed by atoms with van der Waals surface area (Å²) in [6.07, 6.45) is 0. The summed E-state index contributed by atoms with van der Waals surface area (Å²) in [6.45, 7) is 0.219. The Bertz CT molecular complexity index is 779. The highest BCUT2D eigenvalue weighted by atomic mass is 35.5. The second kappa shape index (κ2) is 8.07. The maximum absolute atomic E-state index is 12.9. The molecule has 2 aromatic carbocycles. The van der Waals surface area contributed by atoms with E-state index >= 15 is 0 Å². The Kier molecular flexibility index (Phi) is 6.34. The van der Waals surface area contributed by atoms with Crippen LogP contribution in [0.15, 0.2) is 48.5 Å². The highest BCUT2D eigenvalue weighted by molar-refractivity contribution is 7.88. The quantitative estimate of drug-likeness (QED) is 0.814. The molecule has 0 amide bonds. The van der Waals surface area contributed by atoms with Gasteiger partial charge in [0.05, 0.1) is 5.75 Å². The molecule has 0 heterocycles. The van der Waals surface area contributed by atoms with Crippen LogP contribution >= 0.6 is 11.6 Å². The standard InChI is InChI=1S/C17H20ClFN2O2S/c1-21(2)17(14-4-3-5-15(18)10-14)11-20-24(22,23)12-13-6-8-16(19)9-7-13/h3-10,17,20H,11-12H2,1-2H3. The number of nitrogens with zero attached hydrogens (tertiary/aromatic N) is 1. The van der Waals surface area contributed by atoms with Crippen LogP contribution in [0, 0.1) is 5.82 Å². The summed E-state index contributed by atoms with van der Waals surface area (Å²) in [4.78, 5) is 1.92. The number of rotatable bonds is 7. The van der Waals surface area contributed by atoms with E-state index in [0.717, 1.165) is 5.56 Å². The number of nitrogens with one attached hydrogen (secondary N) is 1. The summed E-state index contributed by atoms with van der Waals surface area (Å²) < 4.78 is 40.0. The van der Waals surface area contributed by atoms with Gasteiger partial charge in [0.25, 0.3) is 0 Å². The predicted molar refractivity (Wildman–Crippen MR) is 94.9 cm³/mol. The lowest BCUT2D eigenvalue weighted by Crippen LogP contribution is -2.35. The Morgan fingerprint density at radius 2 is 1.83 bits per heavy atom. The average molecular weight is 371 g/mol. The summed E-state index contributed by atoms with van der Waals surface area (Å²) in [7, 11) is 0.223. The molecule has 0 aliphatic rings. The molecule has 1 atom stereocenters. The SMILES string of the molecule is CN(C)C(CNS(=O)(=O)Cc1ccc(F)cc1)c1cccc(Cl)c1. The van der Waals surface area contributed by atoms with Gasteiger partial charge in [0.1, 0.15) is 5.82 Å². The highest BCUT2D eigenvalue weighted by Crippen LogP contribution is 2.21. The van der Waals surface area contributed by atoms with Gasteiger partial charge in [0.15, 0.2) is 0 Å². The van der Waals surface area contributed by atoms with E-state index in [1.54, 1.807) is 6.07 Å². The van der Waals surface area contributed by atoms with Crippen LogP contribution in [0.2, 0.25) is 5.02 Å². The van der Waals surface area contributed by atoms with E-state index in [1.165, 1.54) is 24.3 Å². The molecule has 2 aromatic rings. The molecule has 7 heteroatoms. The first-order valence-corrected chi connectivity index (χ1v) is 9.43. The van der Waals surface area contributed by atoms with Crippen molar-refractivity contribution in [2.24, 2.45) is 0 Å². The third kappa shape index (κ3) is 5.56. The van der Waals surface area contributed by atoms with Crippen molar-refractivity contribution in [3.8, 4) is 0 Å². The van der Waals surface area contributed by atoms with Crippen LogP contribution in [0.25, 0.3) is 0 Å². The van der Waals surface area contributed by atoms with Crippen LogP contribution in [-0.4, -0.2) is 34.0 Å². The molecule has 0 saturated heterocycles. The van der Waals surface area contributed by atoms with E-state index in [9.17, 15) is 12.8 Å².